The zero-order chi connectivity index (χ0) is 13.0. The van der Waals surface area contributed by atoms with Crippen molar-refractivity contribution < 1.29 is 9.53 Å². The van der Waals surface area contributed by atoms with E-state index in [2.05, 4.69) is 12.6 Å². The van der Waals surface area contributed by atoms with Crippen LogP contribution >= 0.6 is 11.6 Å². The van der Waals surface area contributed by atoms with E-state index in [0.29, 0.717) is 10.8 Å². The first-order valence-corrected chi connectivity index (χ1v) is 5.70. The first-order valence-electron chi connectivity index (χ1n) is 5.32. The summed E-state index contributed by atoms with van der Waals surface area (Å²) in [5, 5.41) is 0.384. The van der Waals surface area contributed by atoms with Gasteiger partial charge in [-0.15, -0.1) is 0 Å². The van der Waals surface area contributed by atoms with Gasteiger partial charge in [-0.05, 0) is 17.7 Å². The molecule has 0 aliphatic rings. The van der Waals surface area contributed by atoms with E-state index in [1.807, 2.05) is 24.3 Å². The lowest BCUT2D eigenvalue weighted by molar-refractivity contribution is -0.128. The molecule has 0 unspecified atom stereocenters. The Morgan fingerprint density at radius 1 is 1.28 bits per heavy atom. The van der Waals surface area contributed by atoms with Crippen LogP contribution in [0.5, 0.6) is 5.75 Å². The minimum atomic E-state index is -0.536. The molecule has 0 spiro atoms. The predicted octanol–water partition coefficient (Wildman–Crippen LogP) is 3.90. The molecule has 3 heteroatoms. The van der Waals surface area contributed by atoms with Gasteiger partial charge in [0.2, 0.25) is 0 Å². The topological polar surface area (TPSA) is 26.3 Å². The molecular weight excluding hydrogens is 248 g/mol. The number of rotatable bonds is 3. The molecule has 18 heavy (non-hydrogen) atoms. The molecule has 89 valence electrons. The standard InChI is InChI=1S/C15H10ClO2/c1-2-14(17)18-13-10-6-9-12(15(13)16)11-7-4-3-5-8-11/h2-7,9-10H,1H2. The average Bonchev–Trinajstić information content (AvgIpc) is 2.42. The van der Waals surface area contributed by atoms with Crippen molar-refractivity contribution in [3.8, 4) is 16.9 Å². The van der Waals surface area contributed by atoms with Crippen LogP contribution in [0.25, 0.3) is 11.1 Å². The van der Waals surface area contributed by atoms with Crippen molar-refractivity contribution >= 4 is 17.6 Å². The third-order valence-electron chi connectivity index (χ3n) is 2.34. The van der Waals surface area contributed by atoms with Crippen LogP contribution in [0.4, 0.5) is 0 Å². The van der Waals surface area contributed by atoms with Gasteiger partial charge in [0.05, 0.1) is 5.02 Å². The average molecular weight is 258 g/mol. The lowest BCUT2D eigenvalue weighted by Gasteiger charge is -2.08. The summed E-state index contributed by atoms with van der Waals surface area (Å²) in [6, 6.07) is 15.8. The van der Waals surface area contributed by atoms with E-state index < -0.39 is 5.97 Å². The number of halogens is 1. The Labute approximate surface area is 110 Å². The van der Waals surface area contributed by atoms with Crippen LogP contribution in [0, 0.1) is 6.07 Å². The summed E-state index contributed by atoms with van der Waals surface area (Å²) in [5.74, 6) is -0.220. The second kappa shape index (κ2) is 5.52. The zero-order valence-corrected chi connectivity index (χ0v) is 10.3. The van der Waals surface area contributed by atoms with E-state index in [4.69, 9.17) is 16.3 Å². The van der Waals surface area contributed by atoms with Gasteiger partial charge in [0, 0.05) is 11.6 Å². The Hall–Kier alpha value is -2.06. The number of esters is 1. The van der Waals surface area contributed by atoms with E-state index in [-0.39, 0.29) is 0 Å². The summed E-state index contributed by atoms with van der Waals surface area (Å²) in [7, 11) is 0. The van der Waals surface area contributed by atoms with Crippen molar-refractivity contribution in [1.29, 1.82) is 0 Å². The Morgan fingerprint density at radius 3 is 2.78 bits per heavy atom. The first kappa shape index (κ1) is 12.4. The largest absolute Gasteiger partial charge is 0.422 e. The number of hydrogen-bond acceptors (Lipinski definition) is 2. The molecule has 0 atom stereocenters. The molecule has 0 aromatic heterocycles. The van der Waals surface area contributed by atoms with Gasteiger partial charge in [-0.3, -0.25) is 0 Å². The Kier molecular flexibility index (Phi) is 3.80. The van der Waals surface area contributed by atoms with Crippen molar-refractivity contribution in [2.45, 2.75) is 0 Å². The molecule has 2 aromatic rings. The molecule has 0 fully saturated rings. The number of ether oxygens (including phenoxy) is 1. The van der Waals surface area contributed by atoms with Crippen molar-refractivity contribution in [2.75, 3.05) is 0 Å². The molecule has 0 aliphatic carbocycles. The maximum Gasteiger partial charge on any atom is 0.335 e. The predicted molar refractivity (Wildman–Crippen MR) is 71.6 cm³/mol. The molecule has 1 radical (unpaired) electrons. The maximum atomic E-state index is 11.2. The maximum absolute atomic E-state index is 11.2. The van der Waals surface area contributed by atoms with Crippen LogP contribution in [0.3, 0.4) is 0 Å². The van der Waals surface area contributed by atoms with E-state index in [0.717, 1.165) is 17.2 Å². The van der Waals surface area contributed by atoms with Gasteiger partial charge >= 0.3 is 5.97 Å². The summed E-state index contributed by atoms with van der Waals surface area (Å²) in [6.07, 6.45) is 1.09. The number of hydrogen-bond donors (Lipinski definition) is 0. The van der Waals surface area contributed by atoms with Crippen LogP contribution < -0.4 is 4.74 Å². The van der Waals surface area contributed by atoms with Crippen molar-refractivity contribution in [2.24, 2.45) is 0 Å². The molecule has 0 heterocycles. The molecule has 0 saturated heterocycles. The van der Waals surface area contributed by atoms with Gasteiger partial charge in [-0.1, -0.05) is 54.6 Å². The van der Waals surface area contributed by atoms with Crippen molar-refractivity contribution in [3.05, 3.63) is 66.2 Å². The minimum Gasteiger partial charge on any atom is -0.422 e. The third-order valence-corrected chi connectivity index (χ3v) is 2.73. The van der Waals surface area contributed by atoms with Gasteiger partial charge in [0.25, 0.3) is 0 Å². The zero-order valence-electron chi connectivity index (χ0n) is 9.52. The summed E-state index contributed by atoms with van der Waals surface area (Å²) in [5.41, 5.74) is 1.62. The van der Waals surface area contributed by atoms with Crippen LogP contribution in [0.2, 0.25) is 5.02 Å². The van der Waals surface area contributed by atoms with E-state index in [1.165, 1.54) is 0 Å². The van der Waals surface area contributed by atoms with Crippen LogP contribution in [0.15, 0.2) is 55.1 Å². The number of carbonyl (C=O) groups excluding carboxylic acids is 1. The lowest BCUT2D eigenvalue weighted by Crippen LogP contribution is -2.03. The summed E-state index contributed by atoms with van der Waals surface area (Å²) in [4.78, 5) is 11.2. The highest BCUT2D eigenvalue weighted by Crippen LogP contribution is 2.34. The van der Waals surface area contributed by atoms with Gasteiger partial charge in [0.1, 0.15) is 5.75 Å². The molecule has 2 nitrogen and oxygen atoms in total. The normalized spacial score (nSPS) is 9.83. The molecule has 0 N–H and O–H groups in total. The van der Waals surface area contributed by atoms with Gasteiger partial charge in [0.15, 0.2) is 0 Å². The summed E-state index contributed by atoms with van der Waals surface area (Å²) >= 11 is 6.21. The summed E-state index contributed by atoms with van der Waals surface area (Å²) < 4.78 is 5.05. The fraction of sp³-hybridized carbons (Fsp3) is 0. The fourth-order valence-electron chi connectivity index (χ4n) is 1.51. The van der Waals surface area contributed by atoms with Crippen LogP contribution in [-0.2, 0) is 4.79 Å². The molecule has 0 aliphatic heterocycles. The Morgan fingerprint density at radius 2 is 2.11 bits per heavy atom. The highest BCUT2D eigenvalue weighted by Gasteiger charge is 2.10. The van der Waals surface area contributed by atoms with E-state index in [9.17, 15) is 4.79 Å². The van der Waals surface area contributed by atoms with Gasteiger partial charge in [-0.25, -0.2) is 4.79 Å². The molecule has 0 amide bonds. The fourth-order valence-corrected chi connectivity index (χ4v) is 1.77. The Bertz CT molecular complexity index is 576. The summed E-state index contributed by atoms with van der Waals surface area (Å²) in [6.45, 7) is 3.34. The molecule has 2 rings (SSSR count). The SMILES string of the molecule is C=CC(=O)Oc1cccc(-c2[c]cccc2)c1Cl. The highest BCUT2D eigenvalue weighted by atomic mass is 35.5. The smallest absolute Gasteiger partial charge is 0.335 e. The molecule has 0 saturated carbocycles. The van der Waals surface area contributed by atoms with E-state index >= 15 is 0 Å². The minimum absolute atomic E-state index is 0.316. The van der Waals surface area contributed by atoms with Gasteiger partial charge < -0.3 is 4.74 Å². The van der Waals surface area contributed by atoms with Crippen molar-refractivity contribution in [1.82, 2.24) is 0 Å². The molecule has 2 aromatic carbocycles. The lowest BCUT2D eigenvalue weighted by atomic mass is 10.1. The van der Waals surface area contributed by atoms with Crippen LogP contribution in [-0.4, -0.2) is 5.97 Å². The first-order chi connectivity index (χ1) is 8.72. The van der Waals surface area contributed by atoms with Crippen LogP contribution in [0.1, 0.15) is 0 Å². The Balaban J connectivity index is 2.42. The molecule has 0 bridgehead atoms. The number of benzene rings is 2. The number of carbonyl (C=O) groups is 1. The molecular formula is C15H10ClO2. The second-order valence-corrected chi connectivity index (χ2v) is 3.90. The quantitative estimate of drug-likeness (QED) is 0.474. The van der Waals surface area contributed by atoms with Crippen molar-refractivity contribution in [3.63, 3.8) is 0 Å². The second-order valence-electron chi connectivity index (χ2n) is 3.52. The monoisotopic (exact) mass is 257 g/mol. The highest BCUT2D eigenvalue weighted by molar-refractivity contribution is 6.35. The third kappa shape index (κ3) is 2.60. The van der Waals surface area contributed by atoms with Gasteiger partial charge in [-0.2, -0.15) is 0 Å². The van der Waals surface area contributed by atoms with E-state index in [1.54, 1.807) is 18.2 Å².